The lowest BCUT2D eigenvalue weighted by atomic mass is 10.3. The molecular weight excluding hydrogens is 310 g/mol. The number of pyridine rings is 1. The first-order chi connectivity index (χ1) is 9.19. The highest BCUT2D eigenvalue weighted by molar-refractivity contribution is 7.93. The molecule has 0 aliphatic heterocycles. The first-order valence-corrected chi connectivity index (χ1v) is 6.57. The Morgan fingerprint density at radius 3 is 2.79 bits per heavy atom. The second kappa shape index (κ2) is 4.96. The lowest BCUT2D eigenvalue weighted by molar-refractivity contribution is 0.921. The summed E-state index contributed by atoms with van der Waals surface area (Å²) < 4.78 is 14.6. The molecule has 3 heterocycles. The molecule has 0 atom stereocenters. The summed E-state index contributed by atoms with van der Waals surface area (Å²) in [6.45, 7) is 0. The number of aromatic nitrogens is 4. The molecule has 0 fully saturated rings. The van der Waals surface area contributed by atoms with Crippen LogP contribution in [0.5, 0.6) is 0 Å². The lowest BCUT2D eigenvalue weighted by Crippen LogP contribution is -1.92. The Morgan fingerprint density at radius 1 is 1.21 bits per heavy atom. The number of rotatable bonds is 2. The fourth-order valence-corrected chi connectivity index (χ4v) is 2.54. The van der Waals surface area contributed by atoms with E-state index in [1.165, 1.54) is 10.2 Å². The summed E-state index contributed by atoms with van der Waals surface area (Å²) in [5.74, 6) is 0. The molecule has 0 bridgehead atoms. The second-order valence-electron chi connectivity index (χ2n) is 3.67. The largest absolute Gasteiger partial charge is 0.254 e. The van der Waals surface area contributed by atoms with Crippen LogP contribution in [0, 0.1) is 0 Å². The van der Waals surface area contributed by atoms with E-state index in [0.717, 1.165) is 5.39 Å². The van der Waals surface area contributed by atoms with Gasteiger partial charge >= 0.3 is 0 Å². The van der Waals surface area contributed by atoms with Crippen molar-refractivity contribution in [3.8, 4) is 11.4 Å². The maximum atomic E-state index is 13.2. The summed E-state index contributed by atoms with van der Waals surface area (Å²) in [5.41, 5.74) is 1.71. The summed E-state index contributed by atoms with van der Waals surface area (Å²) in [6, 6.07) is 5.02. The van der Waals surface area contributed by atoms with Crippen LogP contribution in [0.25, 0.3) is 22.3 Å². The van der Waals surface area contributed by atoms with Crippen LogP contribution in [-0.4, -0.2) is 18.9 Å². The quantitative estimate of drug-likeness (QED) is 0.525. The van der Waals surface area contributed by atoms with Gasteiger partial charge in [0, 0.05) is 23.8 Å². The highest BCUT2D eigenvalue weighted by atomic mass is 35.5. The predicted molar refractivity (Wildman–Crippen MR) is 74.9 cm³/mol. The van der Waals surface area contributed by atoms with Crippen LogP contribution in [-0.2, 0) is 0 Å². The number of hydrogen-bond donors (Lipinski definition) is 0. The average Bonchev–Trinajstić information content (AvgIpc) is 2.76. The van der Waals surface area contributed by atoms with Crippen molar-refractivity contribution in [3.63, 3.8) is 0 Å². The Morgan fingerprint density at radius 2 is 2.05 bits per heavy atom. The van der Waals surface area contributed by atoms with Crippen molar-refractivity contribution in [1.82, 2.24) is 18.9 Å². The molecule has 0 aromatic carbocycles. The monoisotopic (exact) mass is 314 g/mol. The van der Waals surface area contributed by atoms with E-state index >= 15 is 0 Å². The van der Waals surface area contributed by atoms with Gasteiger partial charge in [0.05, 0.1) is 16.9 Å². The van der Waals surface area contributed by atoms with Gasteiger partial charge in [-0.3, -0.25) is 3.97 Å². The fourth-order valence-electron chi connectivity index (χ4n) is 1.78. The van der Waals surface area contributed by atoms with Gasteiger partial charge in [0.1, 0.15) is 5.15 Å². The van der Waals surface area contributed by atoms with Gasteiger partial charge in [-0.15, -0.1) is 3.89 Å². The fraction of sp³-hybridized carbons (Fsp3) is 0. The topological polar surface area (TPSA) is 43.6 Å². The maximum Gasteiger partial charge on any atom is 0.222 e. The minimum atomic E-state index is 0.0677. The number of fused-ring (bicyclic) bond motifs is 1. The van der Waals surface area contributed by atoms with Crippen LogP contribution in [0.15, 0.2) is 30.6 Å². The number of halogens is 3. The van der Waals surface area contributed by atoms with Crippen molar-refractivity contribution in [2.24, 2.45) is 0 Å². The Kier molecular flexibility index (Phi) is 3.30. The Bertz CT molecular complexity index is 762. The third-order valence-electron chi connectivity index (χ3n) is 2.57. The Balaban J connectivity index is 2.29. The van der Waals surface area contributed by atoms with E-state index in [9.17, 15) is 3.89 Å². The molecule has 4 nitrogen and oxygen atoms in total. The minimum Gasteiger partial charge on any atom is -0.254 e. The van der Waals surface area contributed by atoms with Gasteiger partial charge in [0.15, 0.2) is 12.3 Å². The van der Waals surface area contributed by atoms with Crippen LogP contribution < -0.4 is 0 Å². The van der Waals surface area contributed by atoms with E-state index in [2.05, 4.69) is 15.0 Å². The standard InChI is InChI=1S/C11H5Cl2FN4S/c12-10-4-8-6(5-16-10)3-9(18(8)19-14)7-1-2-15-11(13)17-7/h1-5H. The van der Waals surface area contributed by atoms with E-state index in [4.69, 9.17) is 23.2 Å². The van der Waals surface area contributed by atoms with Crippen LogP contribution in [0.3, 0.4) is 0 Å². The molecule has 0 N–H and O–H groups in total. The molecule has 0 amide bonds. The van der Waals surface area contributed by atoms with E-state index in [1.54, 1.807) is 24.4 Å². The second-order valence-corrected chi connectivity index (χ2v) is 4.90. The van der Waals surface area contributed by atoms with Crippen LogP contribution >= 0.6 is 35.5 Å². The smallest absolute Gasteiger partial charge is 0.222 e. The summed E-state index contributed by atoms with van der Waals surface area (Å²) in [4.78, 5) is 11.8. The van der Waals surface area contributed by atoms with Crippen molar-refractivity contribution in [3.05, 3.63) is 41.0 Å². The van der Waals surface area contributed by atoms with Gasteiger partial charge in [-0.05, 0) is 23.7 Å². The first-order valence-electron chi connectivity index (χ1n) is 5.14. The van der Waals surface area contributed by atoms with E-state index in [0.29, 0.717) is 22.1 Å². The summed E-state index contributed by atoms with van der Waals surface area (Å²) >= 11 is 11.6. The van der Waals surface area contributed by atoms with Crippen molar-refractivity contribution in [1.29, 1.82) is 0 Å². The molecule has 0 spiro atoms. The predicted octanol–water partition coefficient (Wildman–Crippen LogP) is 4.18. The van der Waals surface area contributed by atoms with E-state index in [-0.39, 0.29) is 17.6 Å². The lowest BCUT2D eigenvalue weighted by Gasteiger charge is -2.03. The molecular formula is C11H5Cl2FN4S. The summed E-state index contributed by atoms with van der Waals surface area (Å²) in [6.07, 6.45) is 3.09. The molecule has 0 unspecified atom stereocenters. The zero-order valence-electron chi connectivity index (χ0n) is 9.22. The minimum absolute atomic E-state index is 0.0677. The van der Waals surface area contributed by atoms with Crippen molar-refractivity contribution in [2.75, 3.05) is 0 Å². The van der Waals surface area contributed by atoms with E-state index in [1.807, 2.05) is 0 Å². The zero-order chi connectivity index (χ0) is 13.4. The normalized spacial score (nSPS) is 11.1. The molecule has 96 valence electrons. The number of hydrogen-bond acceptors (Lipinski definition) is 4. The molecule has 19 heavy (non-hydrogen) atoms. The highest BCUT2D eigenvalue weighted by Crippen LogP contribution is 2.32. The van der Waals surface area contributed by atoms with Crippen molar-refractivity contribution < 1.29 is 3.89 Å². The van der Waals surface area contributed by atoms with Crippen LogP contribution in [0.4, 0.5) is 3.89 Å². The molecule has 0 saturated carbocycles. The Labute approximate surface area is 122 Å². The highest BCUT2D eigenvalue weighted by Gasteiger charge is 2.14. The first kappa shape index (κ1) is 12.7. The molecule has 0 aliphatic rings. The third kappa shape index (κ3) is 2.27. The SMILES string of the molecule is FSn1c(-c2ccnc(Cl)n2)cc2cnc(Cl)cc21. The molecule has 3 rings (SSSR count). The molecule has 0 saturated heterocycles. The summed E-state index contributed by atoms with van der Waals surface area (Å²) in [5, 5.41) is 1.17. The van der Waals surface area contributed by atoms with Crippen molar-refractivity contribution >= 4 is 46.4 Å². The van der Waals surface area contributed by atoms with Gasteiger partial charge in [-0.25, -0.2) is 15.0 Å². The number of nitrogens with zero attached hydrogens (tertiary/aromatic N) is 4. The van der Waals surface area contributed by atoms with Crippen LogP contribution in [0.2, 0.25) is 10.4 Å². The molecule has 0 radical (unpaired) electrons. The maximum absolute atomic E-state index is 13.2. The average molecular weight is 315 g/mol. The zero-order valence-corrected chi connectivity index (χ0v) is 11.5. The van der Waals surface area contributed by atoms with Gasteiger partial charge in [0.25, 0.3) is 0 Å². The van der Waals surface area contributed by atoms with Crippen molar-refractivity contribution in [2.45, 2.75) is 0 Å². The van der Waals surface area contributed by atoms with Gasteiger partial charge in [-0.2, -0.15) is 0 Å². The third-order valence-corrected chi connectivity index (χ3v) is 3.49. The molecule has 3 aromatic rings. The molecule has 0 aliphatic carbocycles. The molecule has 3 aromatic heterocycles. The van der Waals surface area contributed by atoms with Crippen LogP contribution in [0.1, 0.15) is 0 Å². The van der Waals surface area contributed by atoms with E-state index < -0.39 is 0 Å². The van der Waals surface area contributed by atoms with Gasteiger partial charge in [-0.1, -0.05) is 11.6 Å². The van der Waals surface area contributed by atoms with Gasteiger partial charge < -0.3 is 0 Å². The Hall–Kier alpha value is -1.37. The van der Waals surface area contributed by atoms with Gasteiger partial charge in [0.2, 0.25) is 5.28 Å². The molecule has 8 heteroatoms. The summed E-state index contributed by atoms with van der Waals surface area (Å²) in [7, 11) is 0.